The zero-order valence-corrected chi connectivity index (χ0v) is 12.2. The second-order valence-electron chi connectivity index (χ2n) is 4.43. The van der Waals surface area contributed by atoms with Gasteiger partial charge in [0.25, 0.3) is 0 Å². The van der Waals surface area contributed by atoms with E-state index < -0.39 is 0 Å². The summed E-state index contributed by atoms with van der Waals surface area (Å²) >= 11 is 0. The number of hydrogen-bond acceptors (Lipinski definition) is 3. The maximum Gasteiger partial charge on any atom is 0.185 e. The minimum Gasteiger partial charge on any atom is -0.497 e. The lowest BCUT2D eigenvalue weighted by Crippen LogP contribution is -1.94. The van der Waals surface area contributed by atoms with Crippen molar-refractivity contribution in [1.29, 1.82) is 0 Å². The molecule has 0 unspecified atom stereocenters. The Kier molecular flexibility index (Phi) is 5.16. The van der Waals surface area contributed by atoms with Gasteiger partial charge in [-0.15, -0.1) is 0 Å². The number of ketones is 1. The molecule has 0 fully saturated rings. The largest absolute Gasteiger partial charge is 0.497 e. The van der Waals surface area contributed by atoms with Crippen molar-refractivity contribution >= 4 is 11.9 Å². The maximum absolute atomic E-state index is 12.1. The molecule has 3 nitrogen and oxygen atoms in total. The molecule has 0 amide bonds. The number of methoxy groups -OCH3 is 1. The van der Waals surface area contributed by atoms with E-state index in [4.69, 9.17) is 9.47 Å². The first kappa shape index (κ1) is 14.9. The van der Waals surface area contributed by atoms with Gasteiger partial charge in [0, 0.05) is 5.56 Å². The summed E-state index contributed by atoms with van der Waals surface area (Å²) < 4.78 is 10.5. The lowest BCUT2D eigenvalue weighted by atomic mass is 10.1. The fourth-order valence-corrected chi connectivity index (χ4v) is 1.90. The fourth-order valence-electron chi connectivity index (χ4n) is 1.90. The molecule has 0 bridgehead atoms. The summed E-state index contributed by atoms with van der Waals surface area (Å²) in [5.41, 5.74) is 1.57. The third-order valence-corrected chi connectivity index (χ3v) is 2.97. The zero-order valence-electron chi connectivity index (χ0n) is 12.2. The Morgan fingerprint density at radius 1 is 1.10 bits per heavy atom. The monoisotopic (exact) mass is 282 g/mol. The molecule has 3 heteroatoms. The van der Waals surface area contributed by atoms with E-state index in [1.807, 2.05) is 31.2 Å². The Bertz CT molecular complexity index is 627. The van der Waals surface area contributed by atoms with Crippen LogP contribution in [0.3, 0.4) is 0 Å². The van der Waals surface area contributed by atoms with E-state index in [1.165, 1.54) is 0 Å². The number of hydrogen-bond donors (Lipinski definition) is 0. The number of benzene rings is 2. The van der Waals surface area contributed by atoms with Gasteiger partial charge < -0.3 is 9.47 Å². The summed E-state index contributed by atoms with van der Waals surface area (Å²) in [6.07, 6.45) is 3.35. The zero-order chi connectivity index (χ0) is 15.1. The SMILES string of the molecule is CCOc1cccc(/C=C/C(=O)c2ccc(OC)cc2)c1. The van der Waals surface area contributed by atoms with Crippen molar-refractivity contribution in [3.05, 3.63) is 65.7 Å². The van der Waals surface area contributed by atoms with E-state index in [0.717, 1.165) is 17.1 Å². The molecule has 0 atom stereocenters. The molecule has 21 heavy (non-hydrogen) atoms. The fraction of sp³-hybridized carbons (Fsp3) is 0.167. The van der Waals surface area contributed by atoms with Crippen LogP contribution in [0.4, 0.5) is 0 Å². The van der Waals surface area contributed by atoms with Gasteiger partial charge in [-0.3, -0.25) is 4.79 Å². The number of rotatable bonds is 6. The quantitative estimate of drug-likeness (QED) is 0.593. The topological polar surface area (TPSA) is 35.5 Å². The summed E-state index contributed by atoms with van der Waals surface area (Å²) in [6.45, 7) is 2.56. The van der Waals surface area contributed by atoms with Crippen molar-refractivity contribution in [3.8, 4) is 11.5 Å². The van der Waals surface area contributed by atoms with Gasteiger partial charge in [0.2, 0.25) is 0 Å². The van der Waals surface area contributed by atoms with Gasteiger partial charge >= 0.3 is 0 Å². The molecule has 0 saturated carbocycles. The van der Waals surface area contributed by atoms with Gasteiger partial charge in [-0.05, 0) is 55.0 Å². The number of carbonyl (C=O) groups excluding carboxylic acids is 1. The van der Waals surface area contributed by atoms with Crippen LogP contribution in [-0.4, -0.2) is 19.5 Å². The van der Waals surface area contributed by atoms with Crippen LogP contribution >= 0.6 is 0 Å². The molecule has 0 N–H and O–H groups in total. The summed E-state index contributed by atoms with van der Waals surface area (Å²) in [5, 5.41) is 0. The molecule has 2 aromatic rings. The first-order valence-corrected chi connectivity index (χ1v) is 6.82. The van der Waals surface area contributed by atoms with Crippen LogP contribution in [0.1, 0.15) is 22.8 Å². The normalized spacial score (nSPS) is 10.6. The van der Waals surface area contributed by atoms with Gasteiger partial charge in [0.1, 0.15) is 11.5 Å². The van der Waals surface area contributed by atoms with Crippen LogP contribution in [0, 0.1) is 0 Å². The van der Waals surface area contributed by atoms with Crippen LogP contribution in [0.25, 0.3) is 6.08 Å². The van der Waals surface area contributed by atoms with E-state index in [2.05, 4.69) is 0 Å². The van der Waals surface area contributed by atoms with Gasteiger partial charge in [-0.2, -0.15) is 0 Å². The summed E-state index contributed by atoms with van der Waals surface area (Å²) in [5.74, 6) is 1.50. The Labute approximate surface area is 124 Å². The van der Waals surface area contributed by atoms with Crippen molar-refractivity contribution in [2.24, 2.45) is 0 Å². The smallest absolute Gasteiger partial charge is 0.185 e. The minimum absolute atomic E-state index is 0.0422. The van der Waals surface area contributed by atoms with E-state index in [1.54, 1.807) is 43.5 Å². The molecule has 0 radical (unpaired) electrons. The van der Waals surface area contributed by atoms with Gasteiger partial charge in [0.05, 0.1) is 13.7 Å². The van der Waals surface area contributed by atoms with Gasteiger partial charge in [-0.1, -0.05) is 18.2 Å². The predicted octanol–water partition coefficient (Wildman–Crippen LogP) is 3.99. The Morgan fingerprint density at radius 2 is 1.86 bits per heavy atom. The molecule has 0 saturated heterocycles. The molecule has 0 spiro atoms. The summed E-state index contributed by atoms with van der Waals surface area (Å²) in [4.78, 5) is 12.1. The van der Waals surface area contributed by atoms with Crippen LogP contribution in [-0.2, 0) is 0 Å². The average molecular weight is 282 g/mol. The molecule has 0 heterocycles. The molecule has 0 aliphatic rings. The highest BCUT2D eigenvalue weighted by atomic mass is 16.5. The van der Waals surface area contributed by atoms with Crippen LogP contribution < -0.4 is 9.47 Å². The molecule has 2 rings (SSSR count). The first-order chi connectivity index (χ1) is 10.2. The number of carbonyl (C=O) groups is 1. The third-order valence-electron chi connectivity index (χ3n) is 2.97. The number of ether oxygens (including phenoxy) is 2. The van der Waals surface area contributed by atoms with Crippen LogP contribution in [0.15, 0.2) is 54.6 Å². The van der Waals surface area contributed by atoms with Crippen molar-refractivity contribution in [1.82, 2.24) is 0 Å². The maximum atomic E-state index is 12.1. The molecule has 0 aliphatic carbocycles. The second-order valence-corrected chi connectivity index (χ2v) is 4.43. The first-order valence-electron chi connectivity index (χ1n) is 6.82. The van der Waals surface area contributed by atoms with Gasteiger partial charge in [-0.25, -0.2) is 0 Å². The van der Waals surface area contributed by atoms with E-state index in [-0.39, 0.29) is 5.78 Å². The Morgan fingerprint density at radius 3 is 2.52 bits per heavy atom. The third kappa shape index (κ3) is 4.21. The van der Waals surface area contributed by atoms with E-state index in [0.29, 0.717) is 12.2 Å². The lowest BCUT2D eigenvalue weighted by molar-refractivity contribution is 0.104. The van der Waals surface area contributed by atoms with Gasteiger partial charge in [0.15, 0.2) is 5.78 Å². The van der Waals surface area contributed by atoms with E-state index >= 15 is 0 Å². The Hall–Kier alpha value is -2.55. The van der Waals surface area contributed by atoms with Crippen molar-refractivity contribution in [2.75, 3.05) is 13.7 Å². The average Bonchev–Trinajstić information content (AvgIpc) is 2.53. The van der Waals surface area contributed by atoms with Crippen LogP contribution in [0.5, 0.6) is 11.5 Å². The Balaban J connectivity index is 2.08. The molecular weight excluding hydrogens is 264 g/mol. The standard InChI is InChI=1S/C18H18O3/c1-3-21-17-6-4-5-14(13-17)7-12-18(19)15-8-10-16(20-2)11-9-15/h4-13H,3H2,1-2H3/b12-7+. The molecule has 0 aliphatic heterocycles. The molecular formula is C18H18O3. The lowest BCUT2D eigenvalue weighted by Gasteiger charge is -2.03. The van der Waals surface area contributed by atoms with Crippen molar-refractivity contribution < 1.29 is 14.3 Å². The minimum atomic E-state index is -0.0422. The highest BCUT2D eigenvalue weighted by Crippen LogP contribution is 2.16. The predicted molar refractivity (Wildman–Crippen MR) is 84.0 cm³/mol. The van der Waals surface area contributed by atoms with Crippen molar-refractivity contribution in [2.45, 2.75) is 6.92 Å². The second kappa shape index (κ2) is 7.29. The molecule has 108 valence electrons. The highest BCUT2D eigenvalue weighted by molar-refractivity contribution is 6.06. The molecule has 2 aromatic carbocycles. The van der Waals surface area contributed by atoms with E-state index in [9.17, 15) is 4.79 Å². The highest BCUT2D eigenvalue weighted by Gasteiger charge is 2.02. The van der Waals surface area contributed by atoms with Crippen molar-refractivity contribution in [3.63, 3.8) is 0 Å². The summed E-state index contributed by atoms with van der Waals surface area (Å²) in [6, 6.07) is 14.7. The summed E-state index contributed by atoms with van der Waals surface area (Å²) in [7, 11) is 1.60. The molecule has 0 aromatic heterocycles. The van der Waals surface area contributed by atoms with Crippen LogP contribution in [0.2, 0.25) is 0 Å². The number of allylic oxidation sites excluding steroid dienone is 1.